The second-order valence-electron chi connectivity index (χ2n) is 5.07. The van der Waals surface area contributed by atoms with Crippen LogP contribution in [0, 0.1) is 6.92 Å². The monoisotopic (exact) mass is 267 g/mol. The van der Waals surface area contributed by atoms with E-state index >= 15 is 0 Å². The molecule has 0 aromatic heterocycles. The molecule has 0 saturated carbocycles. The van der Waals surface area contributed by atoms with E-state index in [1.165, 1.54) is 13.0 Å². The molecule has 0 bridgehead atoms. The van der Waals surface area contributed by atoms with Crippen molar-refractivity contribution < 1.29 is 4.74 Å². The zero-order valence-electron chi connectivity index (χ0n) is 11.3. The fourth-order valence-electron chi connectivity index (χ4n) is 2.45. The van der Waals surface area contributed by atoms with Crippen LogP contribution in [-0.4, -0.2) is 30.6 Å². The first-order chi connectivity index (χ1) is 8.69. The molecule has 0 atom stereocenters. The van der Waals surface area contributed by atoms with Crippen molar-refractivity contribution in [3.8, 4) is 5.75 Å². The fourth-order valence-corrected chi connectivity index (χ4v) is 2.57. The summed E-state index contributed by atoms with van der Waals surface area (Å²) in [7, 11) is 0. The highest BCUT2D eigenvalue weighted by molar-refractivity contribution is 6.31. The van der Waals surface area contributed by atoms with Gasteiger partial charge in [0.15, 0.2) is 0 Å². The number of hydrogen-bond acceptors (Lipinski definition) is 2. The molecule has 2 rings (SSSR count). The summed E-state index contributed by atoms with van der Waals surface area (Å²) in [6, 6.07) is 5.91. The summed E-state index contributed by atoms with van der Waals surface area (Å²) in [4.78, 5) is 2.52. The highest BCUT2D eigenvalue weighted by Crippen LogP contribution is 2.24. The van der Waals surface area contributed by atoms with E-state index in [9.17, 15) is 0 Å². The quantitative estimate of drug-likeness (QED) is 0.820. The Hall–Kier alpha value is -0.730. The van der Waals surface area contributed by atoms with Crippen LogP contribution in [0.3, 0.4) is 0 Å². The molecule has 1 aliphatic heterocycles. The largest absolute Gasteiger partial charge is 0.490 e. The lowest BCUT2D eigenvalue weighted by Crippen LogP contribution is -2.38. The Morgan fingerprint density at radius 3 is 2.67 bits per heavy atom. The number of aryl methyl sites for hydroxylation is 1. The van der Waals surface area contributed by atoms with Crippen LogP contribution in [0.5, 0.6) is 5.75 Å². The molecule has 0 aliphatic carbocycles. The minimum absolute atomic E-state index is 0.360. The van der Waals surface area contributed by atoms with Gasteiger partial charge < -0.3 is 9.64 Å². The van der Waals surface area contributed by atoms with Crippen molar-refractivity contribution in [1.29, 1.82) is 0 Å². The third kappa shape index (κ3) is 3.63. The Bertz CT molecular complexity index is 386. The fraction of sp³-hybridized carbons (Fsp3) is 0.600. The molecule has 1 aromatic carbocycles. The predicted octanol–water partition coefficient (Wildman–Crippen LogP) is 3.90. The number of ether oxygens (including phenoxy) is 1. The lowest BCUT2D eigenvalue weighted by atomic mass is 10.1. The highest BCUT2D eigenvalue weighted by atomic mass is 35.5. The molecule has 1 saturated heterocycles. The Labute approximate surface area is 115 Å². The number of piperidine rings is 1. The molecule has 2 nitrogen and oxygen atoms in total. The molecule has 0 amide bonds. The lowest BCUT2D eigenvalue weighted by Gasteiger charge is -2.31. The smallest absolute Gasteiger partial charge is 0.120 e. The predicted molar refractivity (Wildman–Crippen MR) is 76.6 cm³/mol. The van der Waals surface area contributed by atoms with Gasteiger partial charge in [-0.15, -0.1) is 0 Å². The van der Waals surface area contributed by atoms with Gasteiger partial charge in [-0.25, -0.2) is 0 Å². The average Bonchev–Trinajstić information content (AvgIpc) is 2.37. The van der Waals surface area contributed by atoms with Gasteiger partial charge in [0.25, 0.3) is 0 Å². The molecule has 1 aromatic rings. The first kappa shape index (κ1) is 13.7. The summed E-state index contributed by atoms with van der Waals surface area (Å²) >= 11 is 6.02. The van der Waals surface area contributed by atoms with Crippen molar-refractivity contribution in [2.45, 2.75) is 39.2 Å². The van der Waals surface area contributed by atoms with Crippen LogP contribution >= 0.6 is 11.6 Å². The molecular weight excluding hydrogens is 246 g/mol. The van der Waals surface area contributed by atoms with Gasteiger partial charge in [-0.3, -0.25) is 0 Å². The maximum Gasteiger partial charge on any atom is 0.120 e. The third-order valence-corrected chi connectivity index (χ3v) is 3.93. The summed E-state index contributed by atoms with van der Waals surface area (Å²) in [5.41, 5.74) is 1.08. The molecule has 1 aliphatic rings. The maximum absolute atomic E-state index is 6.03. The molecule has 0 spiro atoms. The van der Waals surface area contributed by atoms with Gasteiger partial charge in [-0.05, 0) is 56.5 Å². The number of benzene rings is 1. The van der Waals surface area contributed by atoms with Crippen molar-refractivity contribution >= 4 is 11.6 Å². The van der Waals surface area contributed by atoms with Crippen LogP contribution in [-0.2, 0) is 0 Å². The lowest BCUT2D eigenvalue weighted by molar-refractivity contribution is 0.101. The molecule has 3 heteroatoms. The molecule has 0 radical (unpaired) electrons. The minimum atomic E-state index is 0.360. The summed E-state index contributed by atoms with van der Waals surface area (Å²) in [6.07, 6.45) is 3.85. The molecule has 1 heterocycles. The third-order valence-electron chi connectivity index (χ3n) is 3.51. The van der Waals surface area contributed by atoms with E-state index in [0.29, 0.717) is 6.10 Å². The van der Waals surface area contributed by atoms with E-state index in [4.69, 9.17) is 16.3 Å². The second-order valence-corrected chi connectivity index (χ2v) is 5.48. The standard InChI is InChI=1S/C15H22ClNO/c1-3-8-17-9-6-13(7-10-17)18-14-4-5-15(16)12(2)11-14/h4-5,11,13H,3,6-10H2,1-2H3. The van der Waals surface area contributed by atoms with Crippen molar-refractivity contribution in [3.63, 3.8) is 0 Å². The Kier molecular flexibility index (Phi) is 4.90. The Balaban J connectivity index is 1.85. The topological polar surface area (TPSA) is 12.5 Å². The van der Waals surface area contributed by atoms with E-state index in [0.717, 1.165) is 42.3 Å². The van der Waals surface area contributed by atoms with Gasteiger partial charge in [0.05, 0.1) is 0 Å². The van der Waals surface area contributed by atoms with E-state index in [1.807, 2.05) is 25.1 Å². The van der Waals surface area contributed by atoms with Crippen LogP contribution in [0.1, 0.15) is 31.7 Å². The normalized spacial score (nSPS) is 17.9. The summed E-state index contributed by atoms with van der Waals surface area (Å²) in [5, 5.41) is 0.806. The zero-order valence-corrected chi connectivity index (χ0v) is 12.0. The minimum Gasteiger partial charge on any atom is -0.490 e. The van der Waals surface area contributed by atoms with E-state index < -0.39 is 0 Å². The number of rotatable bonds is 4. The maximum atomic E-state index is 6.03. The van der Waals surface area contributed by atoms with Crippen molar-refractivity contribution in [1.82, 2.24) is 4.90 Å². The van der Waals surface area contributed by atoms with Gasteiger partial charge in [0.2, 0.25) is 0 Å². The summed E-state index contributed by atoms with van der Waals surface area (Å²) < 4.78 is 6.03. The first-order valence-corrected chi connectivity index (χ1v) is 7.22. The SMILES string of the molecule is CCCN1CCC(Oc2ccc(Cl)c(C)c2)CC1. The highest BCUT2D eigenvalue weighted by Gasteiger charge is 2.19. The van der Waals surface area contributed by atoms with Gasteiger partial charge in [0.1, 0.15) is 11.9 Å². The molecule has 18 heavy (non-hydrogen) atoms. The average molecular weight is 268 g/mol. The van der Waals surface area contributed by atoms with Gasteiger partial charge in [0, 0.05) is 18.1 Å². The summed E-state index contributed by atoms with van der Waals surface area (Å²) in [6.45, 7) is 7.78. The van der Waals surface area contributed by atoms with Gasteiger partial charge >= 0.3 is 0 Å². The number of halogens is 1. The first-order valence-electron chi connectivity index (χ1n) is 6.84. The zero-order chi connectivity index (χ0) is 13.0. The molecular formula is C15H22ClNO. The van der Waals surface area contributed by atoms with E-state index in [2.05, 4.69) is 11.8 Å². The number of likely N-dealkylation sites (tertiary alicyclic amines) is 1. The molecule has 0 unspecified atom stereocenters. The van der Waals surface area contributed by atoms with Crippen molar-refractivity contribution in [2.24, 2.45) is 0 Å². The van der Waals surface area contributed by atoms with Crippen LogP contribution < -0.4 is 4.74 Å². The van der Waals surface area contributed by atoms with Crippen LogP contribution in [0.25, 0.3) is 0 Å². The molecule has 100 valence electrons. The van der Waals surface area contributed by atoms with Crippen LogP contribution in [0.2, 0.25) is 5.02 Å². The Morgan fingerprint density at radius 2 is 2.06 bits per heavy atom. The van der Waals surface area contributed by atoms with Gasteiger partial charge in [-0.2, -0.15) is 0 Å². The van der Waals surface area contributed by atoms with E-state index in [-0.39, 0.29) is 0 Å². The van der Waals surface area contributed by atoms with Crippen molar-refractivity contribution in [2.75, 3.05) is 19.6 Å². The summed E-state index contributed by atoms with van der Waals surface area (Å²) in [5.74, 6) is 0.950. The Morgan fingerprint density at radius 1 is 1.33 bits per heavy atom. The van der Waals surface area contributed by atoms with Gasteiger partial charge in [-0.1, -0.05) is 18.5 Å². The van der Waals surface area contributed by atoms with Crippen LogP contribution in [0.4, 0.5) is 0 Å². The molecule has 1 fully saturated rings. The van der Waals surface area contributed by atoms with Crippen molar-refractivity contribution in [3.05, 3.63) is 28.8 Å². The number of nitrogens with zero attached hydrogens (tertiary/aromatic N) is 1. The van der Waals surface area contributed by atoms with E-state index in [1.54, 1.807) is 0 Å². The molecule has 0 N–H and O–H groups in total. The van der Waals surface area contributed by atoms with Crippen LogP contribution in [0.15, 0.2) is 18.2 Å². The number of hydrogen-bond donors (Lipinski definition) is 0. The second kappa shape index (κ2) is 6.44.